The molecule has 0 fully saturated rings. The molecule has 10 heteroatoms. The molecule has 0 bridgehead atoms. The zero-order chi connectivity index (χ0) is 20.8. The summed E-state index contributed by atoms with van der Waals surface area (Å²) in [5.74, 6) is -2.81. The van der Waals surface area contributed by atoms with Crippen LogP contribution in [0.2, 0.25) is 0 Å². The van der Waals surface area contributed by atoms with E-state index < -0.39 is 36.3 Å². The van der Waals surface area contributed by atoms with Crippen molar-refractivity contribution in [1.82, 2.24) is 15.1 Å². The Morgan fingerprint density at radius 3 is 2.25 bits per heavy atom. The number of rotatable bonds is 8. The van der Waals surface area contributed by atoms with Crippen molar-refractivity contribution in [2.75, 3.05) is 39.3 Å². The van der Waals surface area contributed by atoms with Crippen LogP contribution in [0.3, 0.4) is 0 Å². The third-order valence-electron chi connectivity index (χ3n) is 4.16. The molecule has 2 rings (SSSR count). The van der Waals surface area contributed by atoms with E-state index >= 15 is 0 Å². The Bertz CT molecular complexity index is 777. The molecule has 0 radical (unpaired) electrons. The van der Waals surface area contributed by atoms with Crippen molar-refractivity contribution in [3.05, 3.63) is 35.4 Å². The van der Waals surface area contributed by atoms with Gasteiger partial charge in [0, 0.05) is 19.8 Å². The van der Waals surface area contributed by atoms with E-state index in [0.29, 0.717) is 0 Å². The predicted molar refractivity (Wildman–Crippen MR) is 102 cm³/mol. The number of fused-ring (bicyclic) bond motifs is 1. The summed E-state index contributed by atoms with van der Waals surface area (Å²) >= 11 is 1.26. The number of benzene rings is 1. The quantitative estimate of drug-likeness (QED) is 0.467. The van der Waals surface area contributed by atoms with Crippen LogP contribution in [-0.2, 0) is 19.1 Å². The SMILES string of the molecule is CNC(=O)CN(C)C(=O)COC(=O)[C@@H](CSC)N1C(=O)c2ccccc2C1=O. The number of hydrogen-bond acceptors (Lipinski definition) is 7. The second-order valence-corrected chi connectivity index (χ2v) is 6.94. The number of nitrogens with one attached hydrogen (secondary N) is 1. The minimum Gasteiger partial charge on any atom is -0.454 e. The summed E-state index contributed by atoms with van der Waals surface area (Å²) in [5.41, 5.74) is 0.459. The van der Waals surface area contributed by atoms with Gasteiger partial charge in [0.25, 0.3) is 17.7 Å². The fourth-order valence-electron chi connectivity index (χ4n) is 2.62. The molecule has 1 aromatic carbocycles. The van der Waals surface area contributed by atoms with Gasteiger partial charge in [-0.25, -0.2) is 4.79 Å². The molecule has 0 unspecified atom stereocenters. The van der Waals surface area contributed by atoms with E-state index in [0.717, 1.165) is 9.80 Å². The summed E-state index contributed by atoms with van der Waals surface area (Å²) in [6.45, 7) is -0.778. The van der Waals surface area contributed by atoms with E-state index in [2.05, 4.69) is 5.32 Å². The number of amides is 4. The lowest BCUT2D eigenvalue weighted by Crippen LogP contribution is -2.48. The Kier molecular flexibility index (Phi) is 7.16. The molecule has 4 amide bonds. The Morgan fingerprint density at radius 2 is 1.75 bits per heavy atom. The van der Waals surface area contributed by atoms with Gasteiger partial charge in [-0.1, -0.05) is 12.1 Å². The summed E-state index contributed by atoms with van der Waals surface area (Å²) in [7, 11) is 2.84. The third kappa shape index (κ3) is 4.50. The summed E-state index contributed by atoms with van der Waals surface area (Å²) < 4.78 is 5.04. The lowest BCUT2D eigenvalue weighted by atomic mass is 10.1. The number of hydrogen-bond donors (Lipinski definition) is 1. The van der Waals surface area contributed by atoms with E-state index in [9.17, 15) is 24.0 Å². The highest BCUT2D eigenvalue weighted by Gasteiger charge is 2.43. The van der Waals surface area contributed by atoms with Gasteiger partial charge in [0.2, 0.25) is 5.91 Å². The molecule has 0 saturated carbocycles. The highest BCUT2D eigenvalue weighted by Crippen LogP contribution is 2.26. The number of esters is 1. The molecule has 9 nitrogen and oxygen atoms in total. The van der Waals surface area contributed by atoms with Crippen molar-refractivity contribution in [3.8, 4) is 0 Å². The number of thioether (sulfide) groups is 1. The molecule has 28 heavy (non-hydrogen) atoms. The monoisotopic (exact) mass is 407 g/mol. The van der Waals surface area contributed by atoms with Gasteiger partial charge < -0.3 is 15.0 Å². The second kappa shape index (κ2) is 9.36. The van der Waals surface area contributed by atoms with Gasteiger partial charge in [0.1, 0.15) is 6.04 Å². The van der Waals surface area contributed by atoms with E-state index in [4.69, 9.17) is 4.74 Å². The maximum absolute atomic E-state index is 12.6. The van der Waals surface area contributed by atoms with Gasteiger partial charge in [0.15, 0.2) is 6.61 Å². The Morgan fingerprint density at radius 1 is 1.18 bits per heavy atom. The zero-order valence-corrected chi connectivity index (χ0v) is 16.6. The number of ether oxygens (including phenoxy) is 1. The molecule has 1 aromatic rings. The lowest BCUT2D eigenvalue weighted by Gasteiger charge is -2.24. The highest BCUT2D eigenvalue weighted by molar-refractivity contribution is 7.98. The predicted octanol–water partition coefficient (Wildman–Crippen LogP) is -0.238. The van der Waals surface area contributed by atoms with Crippen molar-refractivity contribution in [3.63, 3.8) is 0 Å². The van der Waals surface area contributed by atoms with E-state index in [1.165, 1.54) is 38.0 Å². The maximum Gasteiger partial charge on any atom is 0.330 e. The molecule has 1 heterocycles. The molecule has 150 valence electrons. The normalized spacial score (nSPS) is 13.8. The van der Waals surface area contributed by atoms with Crippen molar-refractivity contribution >= 4 is 41.4 Å². The number of imide groups is 1. The van der Waals surface area contributed by atoms with Crippen LogP contribution >= 0.6 is 11.8 Å². The van der Waals surface area contributed by atoms with Gasteiger partial charge in [0.05, 0.1) is 17.7 Å². The van der Waals surface area contributed by atoms with Gasteiger partial charge in [-0.2, -0.15) is 11.8 Å². The first-order valence-electron chi connectivity index (χ1n) is 8.38. The Labute approximate surface area is 166 Å². The van der Waals surface area contributed by atoms with E-state index in [-0.39, 0.29) is 29.3 Å². The fraction of sp³-hybridized carbons (Fsp3) is 0.389. The number of carbonyl (C=O) groups is 5. The van der Waals surface area contributed by atoms with Crippen LogP contribution in [-0.4, -0.2) is 84.7 Å². The molecule has 1 atom stereocenters. The van der Waals surface area contributed by atoms with Crippen LogP contribution in [0.15, 0.2) is 24.3 Å². The Balaban J connectivity index is 2.07. The maximum atomic E-state index is 12.6. The van der Waals surface area contributed by atoms with Crippen LogP contribution < -0.4 is 5.32 Å². The van der Waals surface area contributed by atoms with Gasteiger partial charge >= 0.3 is 5.97 Å². The summed E-state index contributed by atoms with van der Waals surface area (Å²) in [6, 6.07) is 5.16. The van der Waals surface area contributed by atoms with E-state index in [1.807, 2.05) is 0 Å². The molecular formula is C18H21N3O6S. The molecule has 0 aliphatic carbocycles. The van der Waals surface area contributed by atoms with Gasteiger partial charge in [-0.05, 0) is 18.4 Å². The largest absolute Gasteiger partial charge is 0.454 e. The third-order valence-corrected chi connectivity index (χ3v) is 4.81. The highest BCUT2D eigenvalue weighted by atomic mass is 32.2. The molecule has 1 aliphatic rings. The van der Waals surface area contributed by atoms with Gasteiger partial charge in [-0.3, -0.25) is 24.1 Å². The van der Waals surface area contributed by atoms with Crippen LogP contribution in [0.5, 0.6) is 0 Å². The summed E-state index contributed by atoms with van der Waals surface area (Å²) in [4.78, 5) is 63.1. The number of nitrogens with zero attached hydrogens (tertiary/aromatic N) is 2. The van der Waals surface area contributed by atoms with Crippen molar-refractivity contribution in [2.24, 2.45) is 0 Å². The average molecular weight is 407 g/mol. The lowest BCUT2D eigenvalue weighted by molar-refractivity contribution is -0.154. The van der Waals surface area contributed by atoms with E-state index in [1.54, 1.807) is 18.4 Å². The topological polar surface area (TPSA) is 113 Å². The number of likely N-dealkylation sites (N-methyl/N-ethyl adjacent to an activating group) is 2. The molecule has 0 aromatic heterocycles. The van der Waals surface area contributed by atoms with Crippen LogP contribution in [0.4, 0.5) is 0 Å². The summed E-state index contributed by atoms with van der Waals surface area (Å²) in [6.07, 6.45) is 1.72. The van der Waals surface area contributed by atoms with Crippen LogP contribution in [0.1, 0.15) is 20.7 Å². The standard InChI is InChI=1S/C18H21N3O6S/c1-19-14(22)8-20(2)15(23)9-27-18(26)13(10-28-3)21-16(24)11-6-4-5-7-12(11)17(21)25/h4-7,13H,8-10H2,1-3H3,(H,19,22)/t13-/m1/s1. The van der Waals surface area contributed by atoms with Crippen molar-refractivity contribution < 1.29 is 28.7 Å². The van der Waals surface area contributed by atoms with Crippen LogP contribution in [0.25, 0.3) is 0 Å². The first kappa shape index (κ1) is 21.4. The van der Waals surface area contributed by atoms with Crippen molar-refractivity contribution in [1.29, 1.82) is 0 Å². The zero-order valence-electron chi connectivity index (χ0n) is 15.8. The minimum absolute atomic E-state index is 0.132. The smallest absolute Gasteiger partial charge is 0.330 e. The molecule has 1 N–H and O–H groups in total. The van der Waals surface area contributed by atoms with Gasteiger partial charge in [-0.15, -0.1) is 0 Å². The molecule has 0 spiro atoms. The summed E-state index contributed by atoms with van der Waals surface area (Å²) in [5, 5.41) is 2.38. The molecular weight excluding hydrogens is 386 g/mol. The minimum atomic E-state index is -1.15. The van der Waals surface area contributed by atoms with Crippen LogP contribution in [0, 0.1) is 0 Å². The molecule has 1 aliphatic heterocycles. The fourth-order valence-corrected chi connectivity index (χ4v) is 3.22. The first-order chi connectivity index (χ1) is 13.3. The Hall–Kier alpha value is -2.88. The average Bonchev–Trinajstić information content (AvgIpc) is 2.94. The molecule has 0 saturated heterocycles. The second-order valence-electron chi connectivity index (χ2n) is 6.03. The van der Waals surface area contributed by atoms with Crippen molar-refractivity contribution in [2.45, 2.75) is 6.04 Å². The number of carbonyl (C=O) groups excluding carboxylic acids is 5. The first-order valence-corrected chi connectivity index (χ1v) is 9.78.